The fraction of sp³-hybridized carbons (Fsp3) is 0.833. The van der Waals surface area contributed by atoms with Gasteiger partial charge in [0.1, 0.15) is 31.0 Å². The van der Waals surface area contributed by atoms with Crippen molar-refractivity contribution < 1.29 is 49.0 Å². The van der Waals surface area contributed by atoms with Gasteiger partial charge in [-0.1, -0.05) is 109 Å². The molecule has 0 aromatic heterocycles. The summed E-state index contributed by atoms with van der Waals surface area (Å²) in [6.07, 6.45) is 19.2. The highest BCUT2D eigenvalue weighted by Crippen LogP contribution is 2.22. The Morgan fingerprint density at radius 2 is 1.26 bits per heavy atom. The molecule has 0 aromatic rings. The number of unbranched alkanes of at least 4 members (excludes halogenated alkanes) is 13. The van der Waals surface area contributed by atoms with E-state index in [0.717, 1.165) is 70.6 Å². The molecular formula is C36H64O10. The molecule has 0 radical (unpaired) electrons. The van der Waals surface area contributed by atoms with Crippen molar-refractivity contribution in [3.05, 3.63) is 24.3 Å². The Bertz CT molecular complexity index is 815. The minimum atomic E-state index is -1.59. The first-order chi connectivity index (χ1) is 22.3. The van der Waals surface area contributed by atoms with Gasteiger partial charge in [-0.25, -0.2) is 0 Å². The molecule has 4 N–H and O–H groups in total. The molecule has 1 aliphatic rings. The summed E-state index contributed by atoms with van der Waals surface area (Å²) in [5.41, 5.74) is 0. The molecule has 6 unspecified atom stereocenters. The van der Waals surface area contributed by atoms with Gasteiger partial charge in [-0.05, 0) is 38.5 Å². The standard InChI is InChI=1S/C36H64O10/c1-3-5-7-9-11-13-14-15-16-17-19-21-23-25-32(39)45-29(27-43-31(38)24-22-20-18-12-10-8-6-4-2)28-44-36-35(42)34(41)33(40)30(26-37)46-36/h7,9,13-14,29-30,33-37,40-42H,3-6,8,10-12,15-28H2,1-2H3/b9-7-,14-13-. The summed E-state index contributed by atoms with van der Waals surface area (Å²) >= 11 is 0. The molecule has 0 aromatic carbocycles. The van der Waals surface area contributed by atoms with Crippen LogP contribution < -0.4 is 0 Å². The van der Waals surface area contributed by atoms with Crippen LogP contribution in [0.4, 0.5) is 0 Å². The fourth-order valence-electron chi connectivity index (χ4n) is 5.16. The molecule has 1 aliphatic heterocycles. The maximum Gasteiger partial charge on any atom is 0.306 e. The first kappa shape index (κ1) is 42.2. The largest absolute Gasteiger partial charge is 0.462 e. The second-order valence-corrected chi connectivity index (χ2v) is 12.3. The highest BCUT2D eigenvalue weighted by atomic mass is 16.7. The van der Waals surface area contributed by atoms with Crippen molar-refractivity contribution in [2.75, 3.05) is 19.8 Å². The molecule has 10 nitrogen and oxygen atoms in total. The topological polar surface area (TPSA) is 152 Å². The van der Waals surface area contributed by atoms with Crippen LogP contribution in [0.2, 0.25) is 0 Å². The first-order valence-electron chi connectivity index (χ1n) is 17.9. The number of carbonyl (C=O) groups is 2. The quantitative estimate of drug-likeness (QED) is 0.0460. The van der Waals surface area contributed by atoms with Gasteiger partial charge >= 0.3 is 11.9 Å². The van der Waals surface area contributed by atoms with E-state index in [-0.39, 0.29) is 32.0 Å². The van der Waals surface area contributed by atoms with Crippen LogP contribution in [0, 0.1) is 0 Å². The van der Waals surface area contributed by atoms with E-state index in [1.165, 1.54) is 32.1 Å². The maximum absolute atomic E-state index is 12.6. The number of carbonyl (C=O) groups excluding carboxylic acids is 2. The molecule has 1 rings (SSSR count). The van der Waals surface area contributed by atoms with Gasteiger partial charge in [0.25, 0.3) is 0 Å². The van der Waals surface area contributed by atoms with Crippen molar-refractivity contribution in [2.45, 2.75) is 173 Å². The Morgan fingerprint density at radius 1 is 0.674 bits per heavy atom. The number of rotatable bonds is 28. The second-order valence-electron chi connectivity index (χ2n) is 12.3. The first-order valence-corrected chi connectivity index (χ1v) is 17.9. The zero-order valence-electron chi connectivity index (χ0n) is 28.6. The van der Waals surface area contributed by atoms with E-state index in [2.05, 4.69) is 38.2 Å². The van der Waals surface area contributed by atoms with Crippen molar-refractivity contribution in [1.82, 2.24) is 0 Å². The van der Waals surface area contributed by atoms with Crippen molar-refractivity contribution in [2.24, 2.45) is 0 Å². The zero-order chi connectivity index (χ0) is 33.8. The zero-order valence-corrected chi connectivity index (χ0v) is 28.6. The van der Waals surface area contributed by atoms with Crippen LogP contribution in [0.25, 0.3) is 0 Å². The van der Waals surface area contributed by atoms with Crippen LogP contribution in [-0.2, 0) is 28.5 Å². The molecule has 0 bridgehead atoms. The molecule has 46 heavy (non-hydrogen) atoms. The van der Waals surface area contributed by atoms with Crippen LogP contribution in [0.15, 0.2) is 24.3 Å². The Balaban J connectivity index is 2.44. The van der Waals surface area contributed by atoms with Gasteiger partial charge in [0.2, 0.25) is 0 Å². The predicted octanol–water partition coefficient (Wildman–Crippen LogP) is 5.82. The van der Waals surface area contributed by atoms with E-state index in [1.54, 1.807) is 0 Å². The summed E-state index contributed by atoms with van der Waals surface area (Å²) < 4.78 is 21.9. The minimum Gasteiger partial charge on any atom is -0.462 e. The summed E-state index contributed by atoms with van der Waals surface area (Å²) in [6.45, 7) is 3.27. The lowest BCUT2D eigenvalue weighted by Gasteiger charge is -2.39. The normalized spacial score (nSPS) is 22.4. The van der Waals surface area contributed by atoms with Crippen LogP contribution >= 0.6 is 0 Å². The molecular weight excluding hydrogens is 592 g/mol. The van der Waals surface area contributed by atoms with E-state index < -0.39 is 49.4 Å². The van der Waals surface area contributed by atoms with Gasteiger partial charge in [-0.3, -0.25) is 9.59 Å². The van der Waals surface area contributed by atoms with E-state index in [4.69, 9.17) is 18.9 Å². The number of allylic oxidation sites excluding steroid dienone is 4. The molecule has 1 fully saturated rings. The van der Waals surface area contributed by atoms with Gasteiger partial charge in [0.05, 0.1) is 13.2 Å². The fourth-order valence-corrected chi connectivity index (χ4v) is 5.16. The predicted molar refractivity (Wildman–Crippen MR) is 178 cm³/mol. The van der Waals surface area contributed by atoms with Gasteiger partial charge < -0.3 is 39.4 Å². The van der Waals surface area contributed by atoms with Gasteiger partial charge in [-0.2, -0.15) is 0 Å². The Morgan fingerprint density at radius 3 is 1.89 bits per heavy atom. The van der Waals surface area contributed by atoms with Crippen LogP contribution in [0.1, 0.15) is 136 Å². The molecule has 0 aliphatic carbocycles. The molecule has 0 saturated carbocycles. The minimum absolute atomic E-state index is 0.215. The Kier molecular flexibility index (Phi) is 25.9. The highest BCUT2D eigenvalue weighted by molar-refractivity contribution is 5.70. The lowest BCUT2D eigenvalue weighted by Crippen LogP contribution is -2.59. The van der Waals surface area contributed by atoms with Gasteiger partial charge in [0.15, 0.2) is 12.4 Å². The number of hydrogen-bond acceptors (Lipinski definition) is 10. The van der Waals surface area contributed by atoms with Gasteiger partial charge in [-0.15, -0.1) is 0 Å². The summed E-state index contributed by atoms with van der Waals surface area (Å²) in [5.74, 6) is -0.830. The molecule has 6 atom stereocenters. The molecule has 268 valence electrons. The summed E-state index contributed by atoms with van der Waals surface area (Å²) in [4.78, 5) is 25.0. The summed E-state index contributed by atoms with van der Waals surface area (Å²) in [6, 6.07) is 0. The summed E-state index contributed by atoms with van der Waals surface area (Å²) in [7, 11) is 0. The number of hydrogen-bond donors (Lipinski definition) is 4. The number of ether oxygens (including phenoxy) is 4. The molecule has 1 saturated heterocycles. The average molecular weight is 657 g/mol. The van der Waals surface area contributed by atoms with Gasteiger partial charge in [0, 0.05) is 12.8 Å². The third-order valence-electron chi connectivity index (χ3n) is 8.07. The Hall–Kier alpha value is -1.82. The lowest BCUT2D eigenvalue weighted by atomic mass is 9.99. The third-order valence-corrected chi connectivity index (χ3v) is 8.07. The number of esters is 2. The second kappa shape index (κ2) is 28.2. The smallest absolute Gasteiger partial charge is 0.306 e. The lowest BCUT2D eigenvalue weighted by molar-refractivity contribution is -0.305. The van der Waals surface area contributed by atoms with Crippen molar-refractivity contribution in [1.29, 1.82) is 0 Å². The van der Waals surface area contributed by atoms with E-state index in [1.807, 2.05) is 0 Å². The SMILES string of the molecule is CCC/C=C\C/C=C\CCCCCCCC(=O)OC(COC(=O)CCCCCCCCCC)COC1OC(CO)C(O)C(O)C1O. The van der Waals surface area contributed by atoms with Crippen molar-refractivity contribution in [3.8, 4) is 0 Å². The third kappa shape index (κ3) is 20.4. The van der Waals surface area contributed by atoms with E-state index >= 15 is 0 Å². The van der Waals surface area contributed by atoms with Crippen molar-refractivity contribution >= 4 is 11.9 Å². The Labute approximate surface area is 277 Å². The molecule has 10 heteroatoms. The maximum atomic E-state index is 12.6. The van der Waals surface area contributed by atoms with Crippen molar-refractivity contribution in [3.63, 3.8) is 0 Å². The van der Waals surface area contributed by atoms with Crippen LogP contribution in [0.3, 0.4) is 0 Å². The highest BCUT2D eigenvalue weighted by Gasteiger charge is 2.44. The summed E-state index contributed by atoms with van der Waals surface area (Å²) in [5, 5.41) is 39.8. The van der Waals surface area contributed by atoms with Crippen LogP contribution in [-0.4, -0.2) is 89.0 Å². The molecule has 0 amide bonds. The van der Waals surface area contributed by atoms with E-state index in [9.17, 15) is 30.0 Å². The monoisotopic (exact) mass is 656 g/mol. The average Bonchev–Trinajstić information content (AvgIpc) is 3.05. The van der Waals surface area contributed by atoms with Crippen LogP contribution in [0.5, 0.6) is 0 Å². The molecule has 1 heterocycles. The van der Waals surface area contributed by atoms with E-state index in [0.29, 0.717) is 6.42 Å². The molecule has 0 spiro atoms. The number of aliphatic hydroxyl groups is 4. The number of aliphatic hydroxyl groups excluding tert-OH is 4.